The van der Waals surface area contributed by atoms with E-state index in [0.717, 1.165) is 6.42 Å². The van der Waals surface area contributed by atoms with Crippen molar-refractivity contribution in [1.82, 2.24) is 0 Å². The summed E-state index contributed by atoms with van der Waals surface area (Å²) in [6.45, 7) is 9.42. The van der Waals surface area contributed by atoms with E-state index in [4.69, 9.17) is 0 Å². The van der Waals surface area contributed by atoms with Gasteiger partial charge < -0.3 is 37.2 Å². The predicted octanol–water partition coefficient (Wildman–Crippen LogP) is -4.37. The second-order valence-corrected chi connectivity index (χ2v) is 12.9. The van der Waals surface area contributed by atoms with Crippen LogP contribution in [-0.2, 0) is 26.9 Å². The van der Waals surface area contributed by atoms with Crippen LogP contribution in [0.25, 0.3) is 0 Å². The predicted molar refractivity (Wildman–Crippen MR) is 78.1 cm³/mol. The zero-order valence-corrected chi connectivity index (χ0v) is 17.7. The summed E-state index contributed by atoms with van der Waals surface area (Å²) in [7, 11) is -1.17. The molecule has 0 aliphatic heterocycles. The summed E-state index contributed by atoms with van der Waals surface area (Å²) in [6.07, 6.45) is 8.37. The summed E-state index contributed by atoms with van der Waals surface area (Å²) >= 11 is 2.35. The first-order valence-electron chi connectivity index (χ1n) is 6.52. The molecule has 0 amide bonds. The van der Waals surface area contributed by atoms with Gasteiger partial charge in [-0.2, -0.15) is 0 Å². The molecule has 0 aromatic heterocycles. The van der Waals surface area contributed by atoms with E-state index in [1.807, 2.05) is 0 Å². The van der Waals surface area contributed by atoms with Crippen molar-refractivity contribution in [1.29, 1.82) is 0 Å². The van der Waals surface area contributed by atoms with Gasteiger partial charge in [0.05, 0.1) is 0 Å². The van der Waals surface area contributed by atoms with E-state index in [0.29, 0.717) is 0 Å². The smallest absolute Gasteiger partial charge is 1.00 e. The molecule has 0 radical (unpaired) electrons. The van der Waals surface area contributed by atoms with E-state index < -0.39 is 8.07 Å². The standard InChI is InChI=1S/C16H21Si.3ClH.Ti/c1-13-6-5-7-14(10-13)11-15-8-9-16(12-15)17(2,3)4;;;;/h5-10,12H,11H2,1-4H3;3*1H;/q;;;;+3/p-3. The molecule has 0 heterocycles. The summed E-state index contributed by atoms with van der Waals surface area (Å²) in [6, 6.07) is 8.88. The summed E-state index contributed by atoms with van der Waals surface area (Å²) in [4.78, 5) is 0. The Hall–Kier alpha value is 0.501. The Morgan fingerprint density at radius 1 is 1.10 bits per heavy atom. The van der Waals surface area contributed by atoms with Gasteiger partial charge in [0.15, 0.2) is 0 Å². The Labute approximate surface area is 160 Å². The van der Waals surface area contributed by atoms with Gasteiger partial charge in [-0.25, -0.2) is 0 Å². The first-order chi connectivity index (χ1) is 8.28. The maximum Gasteiger partial charge on any atom is -1.00 e. The Morgan fingerprint density at radius 2 is 1.71 bits per heavy atom. The van der Waals surface area contributed by atoms with Crippen molar-refractivity contribution < 1.29 is 57.7 Å². The van der Waals surface area contributed by atoms with Crippen LogP contribution in [0.2, 0.25) is 23.4 Å². The summed E-state index contributed by atoms with van der Waals surface area (Å²) in [5, 5.41) is 1.60. The number of halogens is 3. The van der Waals surface area contributed by atoms with E-state index in [-0.39, 0.29) is 40.9 Å². The summed E-state index contributed by atoms with van der Waals surface area (Å²) in [5.41, 5.74) is 2.79. The molecule has 0 saturated heterocycles. The zero-order chi connectivity index (χ0) is 13.4. The van der Waals surface area contributed by atoms with Crippen LogP contribution in [-0.4, -0.2) is 8.07 Å². The first-order valence-corrected chi connectivity index (χ1v) is 10.8. The molecule has 1 aromatic carbocycles. The van der Waals surface area contributed by atoms with Crippen LogP contribution >= 0.6 is 0 Å². The van der Waals surface area contributed by atoms with Crippen LogP contribution in [0.5, 0.6) is 0 Å². The van der Waals surface area contributed by atoms with Crippen molar-refractivity contribution in [3.63, 3.8) is 0 Å². The second-order valence-electron chi connectivity index (χ2n) is 6.39. The number of aryl methyl sites for hydroxylation is 1. The summed E-state index contributed by atoms with van der Waals surface area (Å²) < 4.78 is 0.212. The van der Waals surface area contributed by atoms with Gasteiger partial charge >= 0.3 is 124 Å². The van der Waals surface area contributed by atoms with Crippen molar-refractivity contribution in [2.75, 3.05) is 0 Å². The maximum atomic E-state index is 2.50. The maximum absolute atomic E-state index is 2.50. The van der Waals surface area contributed by atoms with Crippen molar-refractivity contribution in [2.45, 2.75) is 36.7 Å². The molecule has 0 N–H and O–H groups in total. The Morgan fingerprint density at radius 3 is 2.19 bits per heavy atom. The summed E-state index contributed by atoms with van der Waals surface area (Å²) in [5.74, 6) is 0. The molecule has 0 saturated carbocycles. The number of rotatable bonds is 3. The van der Waals surface area contributed by atoms with Gasteiger partial charge in [-0.3, -0.25) is 0 Å². The van der Waals surface area contributed by atoms with Crippen molar-refractivity contribution in [3.05, 3.63) is 58.8 Å². The van der Waals surface area contributed by atoms with Crippen LogP contribution in [0, 0.1) is 6.92 Å². The van der Waals surface area contributed by atoms with Crippen molar-refractivity contribution in [3.8, 4) is 0 Å². The van der Waals surface area contributed by atoms with E-state index in [1.54, 1.807) is 5.20 Å². The fourth-order valence-electron chi connectivity index (χ4n) is 2.35. The second kappa shape index (κ2) is 8.96. The van der Waals surface area contributed by atoms with Crippen LogP contribution in [0.1, 0.15) is 11.1 Å². The molecule has 0 bridgehead atoms. The van der Waals surface area contributed by atoms with E-state index in [1.165, 1.54) is 11.1 Å². The molecule has 114 valence electrons. The Balaban J connectivity index is 0. The SMILES string of the molecule is Cc1cccc(C[C]2([Ti+3])C=CC([Si](C)(C)C)=C2)c1.[Cl-].[Cl-].[Cl-]. The van der Waals surface area contributed by atoms with Gasteiger partial charge in [0.25, 0.3) is 0 Å². The van der Waals surface area contributed by atoms with Crippen LogP contribution in [0.15, 0.2) is 47.7 Å². The molecule has 0 spiro atoms. The first kappa shape index (κ1) is 23.8. The molecule has 1 aromatic rings. The molecular weight excluding hydrogens is 374 g/mol. The number of hydrogen-bond acceptors (Lipinski definition) is 0. The molecule has 5 heteroatoms. The molecule has 2 rings (SSSR count). The molecule has 1 aliphatic rings. The molecule has 21 heavy (non-hydrogen) atoms. The normalized spacial score (nSPS) is 20.0. The average molecular weight is 396 g/mol. The quantitative estimate of drug-likeness (QED) is 0.454. The third kappa shape index (κ3) is 6.64. The Bertz CT molecular complexity index is 520. The van der Waals surface area contributed by atoms with Gasteiger partial charge in [-0.1, -0.05) is 0 Å². The Kier molecular flexibility index (Phi) is 10.1. The van der Waals surface area contributed by atoms with Crippen molar-refractivity contribution >= 4 is 8.07 Å². The molecule has 0 nitrogen and oxygen atoms in total. The van der Waals surface area contributed by atoms with Gasteiger partial charge in [-0.15, -0.1) is 0 Å². The molecule has 1 atom stereocenters. The average Bonchev–Trinajstić information content (AvgIpc) is 2.60. The van der Waals surface area contributed by atoms with Crippen LogP contribution in [0.4, 0.5) is 0 Å². The van der Waals surface area contributed by atoms with E-state index in [9.17, 15) is 0 Å². The third-order valence-electron chi connectivity index (χ3n) is 3.42. The van der Waals surface area contributed by atoms with Gasteiger partial charge in [-0.05, 0) is 0 Å². The molecule has 0 fully saturated rings. The van der Waals surface area contributed by atoms with Crippen LogP contribution in [0.3, 0.4) is 0 Å². The fraction of sp³-hybridized carbons (Fsp3) is 0.375. The largest absolute Gasteiger partial charge is 1.00 e. The molecular formula is C16H21Cl3SiTi. The van der Waals surface area contributed by atoms with Crippen LogP contribution < -0.4 is 37.2 Å². The number of benzene rings is 1. The molecule has 1 unspecified atom stereocenters. The molecule has 1 aliphatic carbocycles. The minimum absolute atomic E-state index is 0. The van der Waals surface area contributed by atoms with E-state index >= 15 is 0 Å². The minimum atomic E-state index is -1.17. The monoisotopic (exact) mass is 394 g/mol. The minimum Gasteiger partial charge on any atom is -1.00 e. The number of allylic oxidation sites excluding steroid dienone is 4. The van der Waals surface area contributed by atoms with E-state index in [2.05, 4.69) is 89.5 Å². The van der Waals surface area contributed by atoms with Gasteiger partial charge in [0.1, 0.15) is 0 Å². The fourth-order valence-corrected chi connectivity index (χ4v) is 4.54. The number of hydrogen-bond donors (Lipinski definition) is 0. The van der Waals surface area contributed by atoms with Crippen molar-refractivity contribution in [2.24, 2.45) is 0 Å². The third-order valence-corrected chi connectivity index (χ3v) is 6.22. The van der Waals surface area contributed by atoms with Gasteiger partial charge in [0, 0.05) is 0 Å². The zero-order valence-electron chi connectivity index (χ0n) is 12.9. The topological polar surface area (TPSA) is 0 Å². The van der Waals surface area contributed by atoms with Gasteiger partial charge in [0.2, 0.25) is 0 Å².